The third-order valence-corrected chi connectivity index (χ3v) is 2.48. The second kappa shape index (κ2) is 4.49. The van der Waals surface area contributed by atoms with Crippen molar-refractivity contribution in [1.82, 2.24) is 9.78 Å². The zero-order valence-electron chi connectivity index (χ0n) is 9.70. The maximum Gasteiger partial charge on any atom is 0.417 e. The van der Waals surface area contributed by atoms with Crippen molar-refractivity contribution in [3.8, 4) is 0 Å². The van der Waals surface area contributed by atoms with Crippen molar-refractivity contribution in [2.45, 2.75) is 6.18 Å². The number of alkyl halides is 3. The number of carbonyl (C=O) groups is 1. The summed E-state index contributed by atoms with van der Waals surface area (Å²) in [5.41, 5.74) is -2.09. The average Bonchev–Trinajstić information content (AvgIpc) is 2.73. The largest absolute Gasteiger partial charge is 0.417 e. The molecule has 0 saturated carbocycles. The molecular formula is C12H8F4N2O. The summed E-state index contributed by atoms with van der Waals surface area (Å²) in [4.78, 5) is 11.9. The van der Waals surface area contributed by atoms with Crippen LogP contribution in [0.3, 0.4) is 0 Å². The smallest absolute Gasteiger partial charge is 0.287 e. The third kappa shape index (κ3) is 2.64. The van der Waals surface area contributed by atoms with Gasteiger partial charge in [0.1, 0.15) is 11.5 Å². The van der Waals surface area contributed by atoms with Crippen molar-refractivity contribution in [1.29, 1.82) is 0 Å². The number of nitrogens with zero attached hydrogens (tertiary/aromatic N) is 2. The number of benzene rings is 1. The maximum absolute atomic E-state index is 13.1. The molecule has 1 heterocycles. The lowest BCUT2D eigenvalue weighted by Crippen LogP contribution is -2.14. The molecule has 0 unspecified atom stereocenters. The summed E-state index contributed by atoms with van der Waals surface area (Å²) in [5.74, 6) is -1.88. The molecule has 0 amide bonds. The summed E-state index contributed by atoms with van der Waals surface area (Å²) < 4.78 is 52.6. The quantitative estimate of drug-likeness (QED) is 0.622. The molecule has 0 atom stereocenters. The normalized spacial score (nSPS) is 11.6. The Bertz CT molecular complexity index is 631. The Morgan fingerprint density at radius 3 is 2.47 bits per heavy atom. The molecule has 0 radical (unpaired) electrons. The van der Waals surface area contributed by atoms with Gasteiger partial charge in [-0.25, -0.2) is 4.39 Å². The van der Waals surface area contributed by atoms with Crippen LogP contribution in [0.2, 0.25) is 0 Å². The van der Waals surface area contributed by atoms with E-state index in [1.54, 1.807) is 0 Å². The molecule has 2 rings (SSSR count). The minimum absolute atomic E-state index is 0.168. The zero-order valence-corrected chi connectivity index (χ0v) is 9.70. The molecule has 1 aromatic carbocycles. The molecule has 2 aromatic rings. The fourth-order valence-electron chi connectivity index (χ4n) is 1.63. The Morgan fingerprint density at radius 1 is 1.26 bits per heavy atom. The van der Waals surface area contributed by atoms with Crippen molar-refractivity contribution < 1.29 is 22.4 Å². The van der Waals surface area contributed by atoms with E-state index in [2.05, 4.69) is 5.10 Å². The monoisotopic (exact) mass is 272 g/mol. The van der Waals surface area contributed by atoms with Gasteiger partial charge < -0.3 is 0 Å². The van der Waals surface area contributed by atoms with E-state index in [0.717, 1.165) is 0 Å². The Kier molecular flexibility index (Phi) is 3.13. The molecule has 19 heavy (non-hydrogen) atoms. The van der Waals surface area contributed by atoms with Gasteiger partial charge >= 0.3 is 6.18 Å². The van der Waals surface area contributed by atoms with Crippen LogP contribution >= 0.6 is 0 Å². The molecule has 0 aliphatic heterocycles. The van der Waals surface area contributed by atoms with Crippen LogP contribution in [0, 0.1) is 5.82 Å². The highest BCUT2D eigenvalue weighted by atomic mass is 19.4. The Morgan fingerprint density at radius 2 is 1.95 bits per heavy atom. The van der Waals surface area contributed by atoms with Crippen molar-refractivity contribution in [3.05, 3.63) is 53.1 Å². The zero-order chi connectivity index (χ0) is 14.2. The van der Waals surface area contributed by atoms with Gasteiger partial charge in [-0.15, -0.1) is 0 Å². The first-order chi connectivity index (χ1) is 8.79. The van der Waals surface area contributed by atoms with Gasteiger partial charge in [-0.2, -0.15) is 18.3 Å². The van der Waals surface area contributed by atoms with Gasteiger partial charge in [0.15, 0.2) is 0 Å². The molecule has 1 aromatic heterocycles. The minimum Gasteiger partial charge on any atom is -0.287 e. The summed E-state index contributed by atoms with van der Waals surface area (Å²) in [6, 6.07) is 3.05. The van der Waals surface area contributed by atoms with Crippen LogP contribution in [0.1, 0.15) is 21.6 Å². The van der Waals surface area contributed by atoms with Gasteiger partial charge in [0.05, 0.1) is 5.56 Å². The van der Waals surface area contributed by atoms with E-state index in [-0.39, 0.29) is 5.69 Å². The molecule has 0 bridgehead atoms. The fourth-order valence-corrected chi connectivity index (χ4v) is 1.63. The van der Waals surface area contributed by atoms with Gasteiger partial charge in [-0.3, -0.25) is 9.48 Å². The number of aromatic nitrogens is 2. The van der Waals surface area contributed by atoms with Crippen LogP contribution in [0.5, 0.6) is 0 Å². The van der Waals surface area contributed by atoms with Crippen LogP contribution in [-0.2, 0) is 13.2 Å². The Balaban J connectivity index is 2.55. The van der Waals surface area contributed by atoms with E-state index in [4.69, 9.17) is 0 Å². The van der Waals surface area contributed by atoms with Crippen LogP contribution in [-0.4, -0.2) is 15.6 Å². The number of hydrogen-bond acceptors (Lipinski definition) is 2. The van der Waals surface area contributed by atoms with Crippen LogP contribution in [0.4, 0.5) is 17.6 Å². The average molecular weight is 272 g/mol. The fraction of sp³-hybridized carbons (Fsp3) is 0.167. The van der Waals surface area contributed by atoms with E-state index in [0.29, 0.717) is 18.2 Å². The Hall–Kier alpha value is -2.18. The molecule has 100 valence electrons. The minimum atomic E-state index is -4.73. The topological polar surface area (TPSA) is 34.9 Å². The van der Waals surface area contributed by atoms with Gasteiger partial charge in [0, 0.05) is 18.8 Å². The highest BCUT2D eigenvalue weighted by Gasteiger charge is 2.35. The van der Waals surface area contributed by atoms with Gasteiger partial charge in [0.2, 0.25) is 5.78 Å². The van der Waals surface area contributed by atoms with E-state index in [1.807, 2.05) is 0 Å². The molecule has 0 aliphatic rings. The summed E-state index contributed by atoms with van der Waals surface area (Å²) in [5, 5.41) is 3.72. The first-order valence-corrected chi connectivity index (χ1v) is 5.20. The van der Waals surface area contributed by atoms with Crippen molar-refractivity contribution >= 4 is 5.78 Å². The lowest BCUT2D eigenvalue weighted by Gasteiger charge is -2.11. The molecule has 0 spiro atoms. The van der Waals surface area contributed by atoms with Gasteiger partial charge in [-0.05, 0) is 24.3 Å². The van der Waals surface area contributed by atoms with E-state index in [9.17, 15) is 22.4 Å². The standard InChI is InChI=1S/C12H8F4N2O/c1-18-5-4-10(17-18)11(19)8-6-7(13)2-3-9(8)12(14,15)16/h2-6H,1H3. The summed E-state index contributed by atoms with van der Waals surface area (Å²) in [6.45, 7) is 0. The van der Waals surface area contributed by atoms with Crippen molar-refractivity contribution in [3.63, 3.8) is 0 Å². The molecule has 0 saturated heterocycles. The van der Waals surface area contributed by atoms with Crippen molar-refractivity contribution in [2.24, 2.45) is 7.05 Å². The number of halogens is 4. The first-order valence-electron chi connectivity index (χ1n) is 5.20. The summed E-state index contributed by atoms with van der Waals surface area (Å²) >= 11 is 0. The Labute approximate surface area is 105 Å². The first kappa shape index (κ1) is 13.3. The second-order valence-corrected chi connectivity index (χ2v) is 3.89. The highest BCUT2D eigenvalue weighted by molar-refractivity contribution is 6.08. The van der Waals surface area contributed by atoms with E-state index < -0.39 is 28.9 Å². The number of rotatable bonds is 2. The van der Waals surface area contributed by atoms with Crippen LogP contribution in [0.25, 0.3) is 0 Å². The number of aryl methyl sites for hydroxylation is 1. The predicted octanol–water partition coefficient (Wildman–Crippen LogP) is 2.81. The van der Waals surface area contributed by atoms with E-state index in [1.165, 1.54) is 24.0 Å². The molecule has 0 fully saturated rings. The molecule has 7 heteroatoms. The van der Waals surface area contributed by atoms with Crippen LogP contribution < -0.4 is 0 Å². The molecular weight excluding hydrogens is 264 g/mol. The summed E-state index contributed by atoms with van der Waals surface area (Å²) in [6.07, 6.45) is -3.31. The van der Waals surface area contributed by atoms with Crippen LogP contribution in [0.15, 0.2) is 30.5 Å². The SMILES string of the molecule is Cn1ccc(C(=O)c2cc(F)ccc2C(F)(F)F)n1. The molecule has 3 nitrogen and oxygen atoms in total. The van der Waals surface area contributed by atoms with Gasteiger partial charge in [0.25, 0.3) is 0 Å². The lowest BCUT2D eigenvalue weighted by atomic mass is 10.0. The number of carbonyl (C=O) groups excluding carboxylic acids is 1. The van der Waals surface area contributed by atoms with E-state index >= 15 is 0 Å². The lowest BCUT2D eigenvalue weighted by molar-refractivity contribution is -0.137. The third-order valence-electron chi connectivity index (χ3n) is 2.48. The van der Waals surface area contributed by atoms with Crippen molar-refractivity contribution in [2.75, 3.05) is 0 Å². The van der Waals surface area contributed by atoms with Gasteiger partial charge in [-0.1, -0.05) is 0 Å². The summed E-state index contributed by atoms with van der Waals surface area (Å²) in [7, 11) is 1.52. The molecule has 0 aliphatic carbocycles. The number of hydrogen-bond donors (Lipinski definition) is 0. The molecule has 0 N–H and O–H groups in total. The maximum atomic E-state index is 13.1. The predicted molar refractivity (Wildman–Crippen MR) is 58.0 cm³/mol. The second-order valence-electron chi connectivity index (χ2n) is 3.89. The highest BCUT2D eigenvalue weighted by Crippen LogP contribution is 2.33. The number of ketones is 1.